The summed E-state index contributed by atoms with van der Waals surface area (Å²) in [5.74, 6) is 0.0254. The summed E-state index contributed by atoms with van der Waals surface area (Å²) in [4.78, 5) is 26.4. The van der Waals surface area contributed by atoms with E-state index in [9.17, 15) is 4.79 Å². The Hall–Kier alpha value is -3.05. The molecule has 4 rings (SSSR count). The van der Waals surface area contributed by atoms with Crippen LogP contribution in [0, 0.1) is 6.92 Å². The SMILES string of the molecule is CCN1CCN(c2ccc(-c3cc(CC(=O)c4cccc(C)n4)ccn3)cc2)CC1. The molecular weight excluding hydrogens is 372 g/mol. The van der Waals surface area contributed by atoms with Gasteiger partial charge in [-0.2, -0.15) is 0 Å². The molecule has 1 aliphatic heterocycles. The van der Waals surface area contributed by atoms with Crippen molar-refractivity contribution in [2.75, 3.05) is 37.6 Å². The van der Waals surface area contributed by atoms with Gasteiger partial charge in [-0.25, -0.2) is 0 Å². The Morgan fingerprint density at radius 2 is 1.77 bits per heavy atom. The topological polar surface area (TPSA) is 49.3 Å². The minimum absolute atomic E-state index is 0.0254. The third-order valence-corrected chi connectivity index (χ3v) is 5.71. The van der Waals surface area contributed by atoms with Crippen molar-refractivity contribution >= 4 is 11.5 Å². The number of aryl methyl sites for hydroxylation is 1. The summed E-state index contributed by atoms with van der Waals surface area (Å²) >= 11 is 0. The number of anilines is 1. The van der Waals surface area contributed by atoms with Crippen molar-refractivity contribution in [3.8, 4) is 11.3 Å². The molecule has 0 radical (unpaired) electrons. The zero-order chi connectivity index (χ0) is 20.9. The van der Waals surface area contributed by atoms with Crippen molar-refractivity contribution in [2.24, 2.45) is 0 Å². The number of nitrogens with zero attached hydrogens (tertiary/aromatic N) is 4. The standard InChI is InChI=1S/C25H28N4O/c1-3-28-13-15-29(16-14-28)22-9-7-21(8-10-22)24-17-20(11-12-26-24)18-25(30)23-6-4-5-19(2)27-23/h4-12,17H,3,13-16,18H2,1-2H3. The van der Waals surface area contributed by atoms with Gasteiger partial charge in [0.15, 0.2) is 5.78 Å². The number of pyridine rings is 2. The minimum atomic E-state index is 0.0254. The lowest BCUT2D eigenvalue weighted by Crippen LogP contribution is -2.46. The van der Waals surface area contributed by atoms with Crippen LogP contribution < -0.4 is 4.90 Å². The Labute approximate surface area is 178 Å². The summed E-state index contributed by atoms with van der Waals surface area (Å²) in [5.41, 5.74) is 5.53. The van der Waals surface area contributed by atoms with E-state index in [-0.39, 0.29) is 5.78 Å². The number of hydrogen-bond donors (Lipinski definition) is 0. The predicted molar refractivity (Wildman–Crippen MR) is 121 cm³/mol. The van der Waals surface area contributed by atoms with Gasteiger partial charge in [0.05, 0.1) is 5.69 Å². The van der Waals surface area contributed by atoms with Crippen LogP contribution >= 0.6 is 0 Å². The molecule has 3 heterocycles. The molecule has 0 aliphatic carbocycles. The lowest BCUT2D eigenvalue weighted by molar-refractivity contribution is 0.0988. The Kier molecular flexibility index (Phi) is 6.19. The molecule has 1 saturated heterocycles. The normalized spacial score (nSPS) is 14.7. The number of Topliss-reactive ketones (excluding diaryl/α,β-unsaturated/α-hetero) is 1. The maximum atomic E-state index is 12.6. The molecule has 0 atom stereocenters. The number of rotatable bonds is 6. The summed E-state index contributed by atoms with van der Waals surface area (Å²) in [5, 5.41) is 0. The fourth-order valence-corrected chi connectivity index (χ4v) is 3.88. The van der Waals surface area contributed by atoms with Crippen molar-refractivity contribution in [3.63, 3.8) is 0 Å². The van der Waals surface area contributed by atoms with E-state index in [0.717, 1.165) is 55.2 Å². The number of likely N-dealkylation sites (N-methyl/N-ethyl adjacent to an activating group) is 1. The summed E-state index contributed by atoms with van der Waals surface area (Å²) in [6, 6.07) is 18.0. The molecule has 0 amide bonds. The van der Waals surface area contributed by atoms with Crippen LogP contribution in [0.1, 0.15) is 28.7 Å². The third kappa shape index (κ3) is 4.74. The van der Waals surface area contributed by atoms with Gasteiger partial charge < -0.3 is 9.80 Å². The number of carbonyl (C=O) groups excluding carboxylic acids is 1. The predicted octanol–water partition coefficient (Wildman–Crippen LogP) is 4.02. The molecule has 5 nitrogen and oxygen atoms in total. The van der Waals surface area contributed by atoms with Gasteiger partial charge in [0.2, 0.25) is 0 Å². The first-order chi connectivity index (χ1) is 14.6. The average molecular weight is 401 g/mol. The summed E-state index contributed by atoms with van der Waals surface area (Å²) < 4.78 is 0. The van der Waals surface area contributed by atoms with Gasteiger partial charge in [0.25, 0.3) is 0 Å². The largest absolute Gasteiger partial charge is 0.369 e. The van der Waals surface area contributed by atoms with Crippen LogP contribution in [0.25, 0.3) is 11.3 Å². The van der Waals surface area contributed by atoms with Gasteiger partial charge in [0.1, 0.15) is 5.69 Å². The highest BCUT2D eigenvalue weighted by Crippen LogP contribution is 2.23. The number of carbonyl (C=O) groups is 1. The summed E-state index contributed by atoms with van der Waals surface area (Å²) in [6.07, 6.45) is 2.10. The van der Waals surface area contributed by atoms with E-state index in [0.29, 0.717) is 12.1 Å². The first kappa shape index (κ1) is 20.2. The fourth-order valence-electron chi connectivity index (χ4n) is 3.88. The molecule has 2 aromatic heterocycles. The number of aromatic nitrogens is 2. The molecule has 1 fully saturated rings. The Bertz CT molecular complexity index is 1010. The van der Waals surface area contributed by atoms with Crippen LogP contribution in [0.5, 0.6) is 0 Å². The maximum absolute atomic E-state index is 12.6. The van der Waals surface area contributed by atoms with Crippen molar-refractivity contribution in [1.29, 1.82) is 0 Å². The Morgan fingerprint density at radius 3 is 2.47 bits per heavy atom. The minimum Gasteiger partial charge on any atom is -0.369 e. The zero-order valence-electron chi connectivity index (χ0n) is 17.7. The van der Waals surface area contributed by atoms with Gasteiger partial charge in [-0.05, 0) is 55.4 Å². The molecule has 5 heteroatoms. The highest BCUT2D eigenvalue weighted by molar-refractivity contribution is 5.95. The Balaban J connectivity index is 1.45. The van der Waals surface area contributed by atoms with E-state index in [4.69, 9.17) is 0 Å². The first-order valence-electron chi connectivity index (χ1n) is 10.6. The van der Waals surface area contributed by atoms with Crippen LogP contribution in [0.4, 0.5) is 5.69 Å². The molecule has 0 saturated carbocycles. The maximum Gasteiger partial charge on any atom is 0.185 e. The van der Waals surface area contributed by atoms with Crippen LogP contribution in [0.15, 0.2) is 60.8 Å². The van der Waals surface area contributed by atoms with Crippen molar-refractivity contribution in [1.82, 2.24) is 14.9 Å². The lowest BCUT2D eigenvalue weighted by atomic mass is 10.0. The fraction of sp³-hybridized carbons (Fsp3) is 0.320. The van der Waals surface area contributed by atoms with Gasteiger partial charge in [0, 0.05) is 55.7 Å². The zero-order valence-corrected chi connectivity index (χ0v) is 17.7. The second-order valence-electron chi connectivity index (χ2n) is 7.78. The van der Waals surface area contributed by atoms with Crippen molar-refractivity contribution in [3.05, 3.63) is 77.7 Å². The third-order valence-electron chi connectivity index (χ3n) is 5.71. The molecule has 0 unspecified atom stereocenters. The van der Waals surface area contributed by atoms with Gasteiger partial charge >= 0.3 is 0 Å². The number of ketones is 1. The van der Waals surface area contributed by atoms with Crippen molar-refractivity contribution < 1.29 is 4.79 Å². The molecule has 0 bridgehead atoms. The molecule has 30 heavy (non-hydrogen) atoms. The molecular formula is C25H28N4O. The van der Waals surface area contributed by atoms with Crippen molar-refractivity contribution in [2.45, 2.75) is 20.3 Å². The molecule has 154 valence electrons. The van der Waals surface area contributed by atoms with Gasteiger partial charge in [-0.15, -0.1) is 0 Å². The van der Waals surface area contributed by atoms with E-state index < -0.39 is 0 Å². The van der Waals surface area contributed by atoms with E-state index in [1.165, 1.54) is 5.69 Å². The molecule has 1 aromatic carbocycles. The summed E-state index contributed by atoms with van der Waals surface area (Å²) in [7, 11) is 0. The summed E-state index contributed by atoms with van der Waals surface area (Å²) in [6.45, 7) is 9.60. The molecule has 3 aromatic rings. The second-order valence-corrected chi connectivity index (χ2v) is 7.78. The second kappa shape index (κ2) is 9.18. The molecule has 0 spiro atoms. The number of benzene rings is 1. The monoisotopic (exact) mass is 400 g/mol. The smallest absolute Gasteiger partial charge is 0.185 e. The quantitative estimate of drug-likeness (QED) is 0.585. The van der Waals surface area contributed by atoms with E-state index in [2.05, 4.69) is 51.0 Å². The molecule has 1 aliphatic rings. The van der Waals surface area contributed by atoms with Crippen LogP contribution in [0.2, 0.25) is 0 Å². The number of piperazine rings is 1. The van der Waals surface area contributed by atoms with E-state index in [1.807, 2.05) is 31.2 Å². The highest BCUT2D eigenvalue weighted by Gasteiger charge is 2.16. The number of hydrogen-bond acceptors (Lipinski definition) is 5. The van der Waals surface area contributed by atoms with Gasteiger partial charge in [-0.3, -0.25) is 14.8 Å². The van der Waals surface area contributed by atoms with Crippen LogP contribution in [-0.2, 0) is 6.42 Å². The van der Waals surface area contributed by atoms with E-state index >= 15 is 0 Å². The van der Waals surface area contributed by atoms with Crippen LogP contribution in [0.3, 0.4) is 0 Å². The van der Waals surface area contributed by atoms with Crippen LogP contribution in [-0.4, -0.2) is 53.4 Å². The lowest BCUT2D eigenvalue weighted by Gasteiger charge is -2.35. The first-order valence-corrected chi connectivity index (χ1v) is 10.6. The Morgan fingerprint density at radius 1 is 1.00 bits per heavy atom. The van der Waals surface area contributed by atoms with E-state index in [1.54, 1.807) is 12.3 Å². The average Bonchev–Trinajstić information content (AvgIpc) is 2.79. The highest BCUT2D eigenvalue weighted by atomic mass is 16.1. The molecule has 0 N–H and O–H groups in total. The van der Waals surface area contributed by atoms with Gasteiger partial charge in [-0.1, -0.05) is 25.1 Å².